The Morgan fingerprint density at radius 2 is 2.24 bits per heavy atom. The zero-order valence-electron chi connectivity index (χ0n) is 10.4. The lowest BCUT2D eigenvalue weighted by Crippen LogP contribution is -2.34. The molecule has 1 aromatic rings. The van der Waals surface area contributed by atoms with E-state index in [-0.39, 0.29) is 12.6 Å². The molecular weight excluding hydrogens is 236 g/mol. The first kappa shape index (κ1) is 12.5. The second-order valence-electron chi connectivity index (χ2n) is 4.65. The minimum absolute atomic E-state index is 0.101. The van der Waals surface area contributed by atoms with Crippen LogP contribution >= 0.6 is 11.3 Å². The molecule has 94 valence electrons. The van der Waals surface area contributed by atoms with Crippen LogP contribution in [0.25, 0.3) is 0 Å². The van der Waals surface area contributed by atoms with Gasteiger partial charge in [0.2, 0.25) is 0 Å². The van der Waals surface area contributed by atoms with Gasteiger partial charge in [0.25, 0.3) is 0 Å². The Bertz CT molecular complexity index is 426. The van der Waals surface area contributed by atoms with Gasteiger partial charge in [0, 0.05) is 10.9 Å². The molecule has 1 fully saturated rings. The first-order chi connectivity index (χ1) is 7.99. The van der Waals surface area contributed by atoms with E-state index in [1.165, 1.54) is 4.88 Å². The Kier molecular flexibility index (Phi) is 3.49. The zero-order valence-corrected chi connectivity index (χ0v) is 11.3. The smallest absolute Gasteiger partial charge is 0.317 e. The fraction of sp³-hybridized carbons (Fsp3) is 0.667. The lowest BCUT2D eigenvalue weighted by molar-refractivity contribution is -0.139. The van der Waals surface area contributed by atoms with E-state index in [1.807, 2.05) is 6.92 Å². The second-order valence-corrected chi connectivity index (χ2v) is 6.05. The third-order valence-electron chi connectivity index (χ3n) is 3.17. The molecule has 0 aliphatic heterocycles. The number of hydrogen-bond donors (Lipinski definition) is 1. The monoisotopic (exact) mass is 254 g/mol. The van der Waals surface area contributed by atoms with Crippen LogP contribution in [0, 0.1) is 13.8 Å². The summed E-state index contributed by atoms with van der Waals surface area (Å²) in [6.45, 7) is 6.22. The highest BCUT2D eigenvalue weighted by atomic mass is 32.1. The maximum absolute atomic E-state index is 10.9. The Balaban J connectivity index is 2.18. The van der Waals surface area contributed by atoms with Gasteiger partial charge in [-0.3, -0.25) is 9.69 Å². The number of aliphatic carboxylic acids is 1. The van der Waals surface area contributed by atoms with Gasteiger partial charge < -0.3 is 5.11 Å². The molecule has 5 heteroatoms. The minimum Gasteiger partial charge on any atom is -0.480 e. The summed E-state index contributed by atoms with van der Waals surface area (Å²) in [5.74, 6) is -0.756. The van der Waals surface area contributed by atoms with E-state index in [9.17, 15) is 4.79 Å². The third-order valence-corrected chi connectivity index (χ3v) is 4.07. The fourth-order valence-corrected chi connectivity index (χ4v) is 3.14. The van der Waals surface area contributed by atoms with Crippen LogP contribution in [0.4, 0.5) is 0 Å². The highest BCUT2D eigenvalue weighted by Crippen LogP contribution is 2.35. The molecule has 1 unspecified atom stereocenters. The van der Waals surface area contributed by atoms with Crippen LogP contribution in [-0.4, -0.2) is 33.5 Å². The average Bonchev–Trinajstić information content (AvgIpc) is 3.00. The minimum atomic E-state index is -0.756. The summed E-state index contributed by atoms with van der Waals surface area (Å²) in [6.07, 6.45) is 2.22. The molecule has 17 heavy (non-hydrogen) atoms. The van der Waals surface area contributed by atoms with Crippen LogP contribution < -0.4 is 0 Å². The van der Waals surface area contributed by atoms with Crippen molar-refractivity contribution in [2.75, 3.05) is 6.54 Å². The molecule has 0 spiro atoms. The van der Waals surface area contributed by atoms with Crippen molar-refractivity contribution in [1.82, 2.24) is 9.88 Å². The van der Waals surface area contributed by atoms with E-state index in [0.717, 1.165) is 23.5 Å². The molecule has 0 radical (unpaired) electrons. The van der Waals surface area contributed by atoms with E-state index in [1.54, 1.807) is 11.3 Å². The summed E-state index contributed by atoms with van der Waals surface area (Å²) in [5, 5.41) is 10.0. The van der Waals surface area contributed by atoms with E-state index >= 15 is 0 Å². The second kappa shape index (κ2) is 4.74. The maximum Gasteiger partial charge on any atom is 0.317 e. The molecule has 1 aliphatic carbocycles. The molecule has 1 N–H and O–H groups in total. The predicted molar refractivity (Wildman–Crippen MR) is 67.4 cm³/mol. The van der Waals surface area contributed by atoms with Gasteiger partial charge >= 0.3 is 5.97 Å². The predicted octanol–water partition coefficient (Wildman–Crippen LogP) is 2.37. The standard InChI is InChI=1S/C12H18N2O2S/c1-7(12-8(2)17-9(3)13-12)14(6-11(15)16)10-4-5-10/h7,10H,4-6H2,1-3H3,(H,15,16). The molecule has 0 bridgehead atoms. The Labute approximate surface area is 105 Å². The number of carboxylic acids is 1. The van der Waals surface area contributed by atoms with Gasteiger partial charge in [0.15, 0.2) is 0 Å². The molecular formula is C12H18N2O2S. The van der Waals surface area contributed by atoms with Gasteiger partial charge in [0.1, 0.15) is 0 Å². The molecule has 1 atom stereocenters. The summed E-state index contributed by atoms with van der Waals surface area (Å²) < 4.78 is 0. The van der Waals surface area contributed by atoms with Gasteiger partial charge in [-0.05, 0) is 33.6 Å². The first-order valence-corrected chi connectivity index (χ1v) is 6.72. The topological polar surface area (TPSA) is 53.4 Å². The SMILES string of the molecule is Cc1nc(C(C)N(CC(=O)O)C2CC2)c(C)s1. The number of carbonyl (C=O) groups is 1. The van der Waals surface area contributed by atoms with Gasteiger partial charge in [-0.1, -0.05) is 0 Å². The van der Waals surface area contributed by atoms with Crippen molar-refractivity contribution >= 4 is 17.3 Å². The number of aryl methyl sites for hydroxylation is 2. The van der Waals surface area contributed by atoms with Crippen molar-refractivity contribution in [3.8, 4) is 0 Å². The number of rotatable bonds is 5. The van der Waals surface area contributed by atoms with Gasteiger partial charge in [0.05, 0.1) is 23.3 Å². The quantitative estimate of drug-likeness (QED) is 0.876. The highest BCUT2D eigenvalue weighted by molar-refractivity contribution is 7.11. The van der Waals surface area contributed by atoms with Crippen molar-refractivity contribution in [1.29, 1.82) is 0 Å². The molecule has 1 aromatic heterocycles. The molecule has 4 nitrogen and oxygen atoms in total. The molecule has 2 rings (SSSR count). The van der Waals surface area contributed by atoms with Crippen molar-refractivity contribution in [2.45, 2.75) is 45.7 Å². The van der Waals surface area contributed by atoms with Crippen molar-refractivity contribution < 1.29 is 9.90 Å². The Morgan fingerprint density at radius 1 is 1.59 bits per heavy atom. The summed E-state index contributed by atoms with van der Waals surface area (Å²) >= 11 is 1.68. The van der Waals surface area contributed by atoms with Crippen LogP contribution in [0.5, 0.6) is 0 Å². The summed E-state index contributed by atoms with van der Waals surface area (Å²) in [7, 11) is 0. The number of hydrogen-bond acceptors (Lipinski definition) is 4. The summed E-state index contributed by atoms with van der Waals surface area (Å²) in [4.78, 5) is 18.7. The lowest BCUT2D eigenvalue weighted by atomic mass is 10.2. The van der Waals surface area contributed by atoms with Gasteiger partial charge in [-0.15, -0.1) is 11.3 Å². The highest BCUT2D eigenvalue weighted by Gasteiger charge is 2.35. The summed E-state index contributed by atoms with van der Waals surface area (Å²) in [5.41, 5.74) is 1.04. The Hall–Kier alpha value is -0.940. The lowest BCUT2D eigenvalue weighted by Gasteiger charge is -2.26. The van der Waals surface area contributed by atoms with Gasteiger partial charge in [-0.2, -0.15) is 0 Å². The van der Waals surface area contributed by atoms with Crippen LogP contribution in [0.15, 0.2) is 0 Å². The molecule has 1 aliphatic rings. The largest absolute Gasteiger partial charge is 0.480 e. The normalized spacial score (nSPS) is 17.4. The number of nitrogens with zero attached hydrogens (tertiary/aromatic N) is 2. The van der Waals surface area contributed by atoms with E-state index < -0.39 is 5.97 Å². The number of aromatic nitrogens is 1. The molecule has 0 amide bonds. The molecule has 0 aromatic carbocycles. The first-order valence-electron chi connectivity index (χ1n) is 5.90. The zero-order chi connectivity index (χ0) is 12.6. The Morgan fingerprint density at radius 3 is 2.65 bits per heavy atom. The van der Waals surface area contributed by atoms with Crippen LogP contribution in [0.2, 0.25) is 0 Å². The number of thiazole rings is 1. The van der Waals surface area contributed by atoms with E-state index in [4.69, 9.17) is 5.11 Å². The van der Waals surface area contributed by atoms with E-state index in [2.05, 4.69) is 23.7 Å². The van der Waals surface area contributed by atoms with Crippen molar-refractivity contribution in [3.63, 3.8) is 0 Å². The molecule has 0 saturated heterocycles. The third kappa shape index (κ3) is 2.84. The van der Waals surface area contributed by atoms with Crippen molar-refractivity contribution in [2.24, 2.45) is 0 Å². The van der Waals surface area contributed by atoms with Crippen LogP contribution in [0.3, 0.4) is 0 Å². The maximum atomic E-state index is 10.9. The van der Waals surface area contributed by atoms with Gasteiger partial charge in [-0.25, -0.2) is 4.98 Å². The summed E-state index contributed by atoms with van der Waals surface area (Å²) in [6, 6.07) is 0.533. The molecule has 1 saturated carbocycles. The van der Waals surface area contributed by atoms with Crippen LogP contribution in [0.1, 0.15) is 41.4 Å². The number of carboxylic acid groups (broad SMARTS) is 1. The molecule has 1 heterocycles. The average molecular weight is 254 g/mol. The fourth-order valence-electron chi connectivity index (χ4n) is 2.23. The van der Waals surface area contributed by atoms with Crippen molar-refractivity contribution in [3.05, 3.63) is 15.6 Å². The van der Waals surface area contributed by atoms with Crippen LogP contribution in [-0.2, 0) is 4.79 Å². The van der Waals surface area contributed by atoms with E-state index in [0.29, 0.717) is 6.04 Å².